The number of imidazole rings is 1. The number of carbonyl (C=O) groups is 2. The summed E-state index contributed by atoms with van der Waals surface area (Å²) < 4.78 is 56.9. The minimum Gasteiger partial charge on any atom is -0.496 e. The van der Waals surface area contributed by atoms with E-state index < -0.39 is 40.4 Å². The molecule has 2 amide bonds. The molecule has 3 heterocycles. The second-order valence-corrected chi connectivity index (χ2v) is 10.1. The molecule has 0 fully saturated rings. The van der Waals surface area contributed by atoms with Crippen LogP contribution in [0.5, 0.6) is 5.75 Å². The number of aryl methyl sites for hydroxylation is 2. The van der Waals surface area contributed by atoms with Gasteiger partial charge in [0.1, 0.15) is 28.8 Å². The highest BCUT2D eigenvalue weighted by atomic mass is 19.4. The zero-order valence-corrected chi connectivity index (χ0v) is 22.7. The summed E-state index contributed by atoms with van der Waals surface area (Å²) >= 11 is 0. The molecule has 1 aromatic carbocycles. The number of halogens is 3. The maximum atomic E-state index is 14.6. The molecule has 0 atom stereocenters. The first-order chi connectivity index (χ1) is 18.5. The summed E-state index contributed by atoms with van der Waals surface area (Å²) in [6.07, 6.45) is -6.12. The van der Waals surface area contributed by atoms with Crippen LogP contribution in [0.3, 0.4) is 0 Å². The van der Waals surface area contributed by atoms with E-state index >= 15 is 0 Å². The number of rotatable bonds is 4. The van der Waals surface area contributed by atoms with Gasteiger partial charge in [0.15, 0.2) is 11.3 Å². The van der Waals surface area contributed by atoms with E-state index in [1.54, 1.807) is 46.8 Å². The van der Waals surface area contributed by atoms with Crippen LogP contribution in [0, 0.1) is 25.2 Å². The Labute approximate surface area is 226 Å². The molecule has 3 aromatic heterocycles. The number of hydrogen-bond acceptors (Lipinski definition) is 7. The van der Waals surface area contributed by atoms with Crippen molar-refractivity contribution in [3.8, 4) is 17.5 Å². The molecule has 14 heteroatoms. The molecule has 4 rings (SSSR count). The highest BCUT2D eigenvalue weighted by Gasteiger charge is 2.41. The Morgan fingerprint density at radius 1 is 1.15 bits per heavy atom. The van der Waals surface area contributed by atoms with Crippen LogP contribution in [0.2, 0.25) is 0 Å². The largest absolute Gasteiger partial charge is 0.496 e. The Morgan fingerprint density at radius 3 is 2.33 bits per heavy atom. The Hall–Kier alpha value is -4.80. The SMILES string of the molecule is COc1ccc(C)c(-n2c(NC(=O)OC(C)(C)C)c(C(N)=O)c3c(C(F)(F)F)nc4c(nc(C#N)n4C)c32)c1C. The number of primary amides is 1. The molecule has 11 nitrogen and oxygen atoms in total. The van der Waals surface area contributed by atoms with Gasteiger partial charge in [-0.3, -0.25) is 14.7 Å². The van der Waals surface area contributed by atoms with Gasteiger partial charge in [0, 0.05) is 18.0 Å². The van der Waals surface area contributed by atoms with E-state index in [9.17, 15) is 28.0 Å². The van der Waals surface area contributed by atoms with Gasteiger partial charge in [-0.15, -0.1) is 0 Å². The number of carbonyl (C=O) groups excluding carboxylic acids is 2. The van der Waals surface area contributed by atoms with Gasteiger partial charge in [0.05, 0.1) is 23.9 Å². The van der Waals surface area contributed by atoms with E-state index in [-0.39, 0.29) is 34.0 Å². The molecule has 0 radical (unpaired) electrons. The number of methoxy groups -OCH3 is 1. The number of amides is 2. The molecule has 0 spiro atoms. The number of pyridine rings is 1. The number of fused-ring (bicyclic) bond motifs is 3. The van der Waals surface area contributed by atoms with Gasteiger partial charge in [0.25, 0.3) is 5.91 Å². The normalized spacial score (nSPS) is 12.0. The lowest BCUT2D eigenvalue weighted by molar-refractivity contribution is -0.139. The average molecular weight is 558 g/mol. The smallest absolute Gasteiger partial charge is 0.434 e. The number of nitrogens with two attached hydrogens (primary N) is 1. The molecule has 4 aromatic rings. The van der Waals surface area contributed by atoms with Gasteiger partial charge < -0.3 is 19.8 Å². The summed E-state index contributed by atoms with van der Waals surface area (Å²) in [5, 5.41) is 11.3. The van der Waals surface area contributed by atoms with Crippen LogP contribution in [0.4, 0.5) is 23.8 Å². The van der Waals surface area contributed by atoms with Crippen molar-refractivity contribution in [3.05, 3.63) is 40.3 Å². The molecule has 3 N–H and O–H groups in total. The highest BCUT2D eigenvalue weighted by molar-refractivity contribution is 6.19. The minimum absolute atomic E-state index is 0.122. The molecule has 0 saturated carbocycles. The summed E-state index contributed by atoms with van der Waals surface area (Å²) in [5.74, 6) is -1.50. The van der Waals surface area contributed by atoms with Crippen LogP contribution in [0.25, 0.3) is 27.8 Å². The lowest BCUT2D eigenvalue weighted by Gasteiger charge is -2.22. The van der Waals surface area contributed by atoms with Crippen LogP contribution in [0.15, 0.2) is 12.1 Å². The Bertz CT molecular complexity index is 1760. The maximum absolute atomic E-state index is 14.6. The van der Waals surface area contributed by atoms with Crippen molar-refractivity contribution in [2.24, 2.45) is 12.8 Å². The van der Waals surface area contributed by atoms with Gasteiger partial charge >= 0.3 is 12.3 Å². The molecule has 0 aliphatic heterocycles. The van der Waals surface area contributed by atoms with Crippen molar-refractivity contribution in [1.82, 2.24) is 19.1 Å². The van der Waals surface area contributed by atoms with Gasteiger partial charge in [-0.2, -0.15) is 18.4 Å². The molecule has 0 aliphatic carbocycles. The van der Waals surface area contributed by atoms with Crippen molar-refractivity contribution in [2.75, 3.05) is 12.4 Å². The summed E-state index contributed by atoms with van der Waals surface area (Å²) in [5.41, 5.74) is 3.27. The van der Waals surface area contributed by atoms with Crippen LogP contribution >= 0.6 is 0 Å². The predicted octanol–water partition coefficient (Wildman–Crippen LogP) is 4.87. The van der Waals surface area contributed by atoms with Crippen molar-refractivity contribution < 1.29 is 32.2 Å². The zero-order valence-electron chi connectivity index (χ0n) is 22.7. The third kappa shape index (κ3) is 4.53. The lowest BCUT2D eigenvalue weighted by Crippen LogP contribution is -2.29. The quantitative estimate of drug-likeness (QED) is 0.363. The van der Waals surface area contributed by atoms with Crippen LogP contribution in [-0.4, -0.2) is 43.8 Å². The number of nitrogens with one attached hydrogen (secondary N) is 1. The first-order valence-electron chi connectivity index (χ1n) is 11.9. The number of nitrogens with zero attached hydrogens (tertiary/aromatic N) is 5. The number of hydrogen-bond donors (Lipinski definition) is 2. The first kappa shape index (κ1) is 28.2. The molecule has 0 unspecified atom stereocenters. The summed E-state index contributed by atoms with van der Waals surface area (Å²) in [6, 6.07) is 5.16. The fourth-order valence-corrected chi connectivity index (χ4v) is 4.64. The molecule has 0 aliphatic rings. The Morgan fingerprint density at radius 2 is 1.80 bits per heavy atom. The molecule has 0 bridgehead atoms. The third-order valence-electron chi connectivity index (χ3n) is 6.18. The standard InChI is InChI=1S/C26H26F3N7O4/c1-11-8-9-13(39-7)12(2)18(11)36-19-15(16(21(31)37)22(36)34-24(38)40-25(3,4)5)20(26(27,28)29)33-23-17(19)32-14(10-30)35(23)6/h8-9H,1-7H3,(H2,31,37)(H,34,38). The average Bonchev–Trinajstić information content (AvgIpc) is 3.31. The fraction of sp³-hybridized carbons (Fsp3) is 0.346. The molecule has 40 heavy (non-hydrogen) atoms. The predicted molar refractivity (Wildman–Crippen MR) is 139 cm³/mol. The van der Waals surface area contributed by atoms with Crippen LogP contribution < -0.4 is 15.8 Å². The van der Waals surface area contributed by atoms with Gasteiger partial charge in [0.2, 0.25) is 5.82 Å². The molecular weight excluding hydrogens is 531 g/mol. The second kappa shape index (κ2) is 9.44. The Balaban J connectivity index is 2.36. The van der Waals surface area contributed by atoms with Crippen molar-refractivity contribution in [2.45, 2.75) is 46.4 Å². The topological polar surface area (TPSA) is 150 Å². The maximum Gasteiger partial charge on any atom is 0.434 e. The van der Waals surface area contributed by atoms with Gasteiger partial charge in [-0.1, -0.05) is 6.07 Å². The van der Waals surface area contributed by atoms with Gasteiger partial charge in [-0.05, 0) is 46.2 Å². The number of anilines is 1. The zero-order chi connectivity index (χ0) is 29.9. The van der Waals surface area contributed by atoms with Crippen molar-refractivity contribution in [3.63, 3.8) is 0 Å². The monoisotopic (exact) mass is 557 g/mol. The molecule has 210 valence electrons. The highest BCUT2D eigenvalue weighted by Crippen LogP contribution is 2.45. The molecule has 0 saturated heterocycles. The van der Waals surface area contributed by atoms with E-state index in [2.05, 4.69) is 15.3 Å². The number of nitriles is 1. The number of ether oxygens (including phenoxy) is 2. The lowest BCUT2D eigenvalue weighted by atomic mass is 10.1. The third-order valence-corrected chi connectivity index (χ3v) is 6.18. The Kier molecular flexibility index (Phi) is 6.66. The first-order valence-corrected chi connectivity index (χ1v) is 11.9. The van der Waals surface area contributed by atoms with E-state index in [0.717, 1.165) is 4.57 Å². The number of benzene rings is 1. The minimum atomic E-state index is -5.07. The fourth-order valence-electron chi connectivity index (χ4n) is 4.64. The van der Waals surface area contributed by atoms with Crippen LogP contribution in [-0.2, 0) is 18.0 Å². The summed E-state index contributed by atoms with van der Waals surface area (Å²) in [6.45, 7) is 8.15. The number of alkyl halides is 3. The number of aromatic nitrogens is 4. The van der Waals surface area contributed by atoms with E-state index in [1.807, 2.05) is 6.07 Å². The van der Waals surface area contributed by atoms with Crippen molar-refractivity contribution >= 4 is 39.9 Å². The van der Waals surface area contributed by atoms with E-state index in [1.165, 1.54) is 18.7 Å². The molecular formula is C26H26F3N7O4. The van der Waals surface area contributed by atoms with Crippen LogP contribution in [0.1, 0.15) is 53.8 Å². The summed E-state index contributed by atoms with van der Waals surface area (Å²) in [7, 11) is 2.77. The second-order valence-electron chi connectivity index (χ2n) is 10.1. The summed E-state index contributed by atoms with van der Waals surface area (Å²) in [4.78, 5) is 33.9. The van der Waals surface area contributed by atoms with Gasteiger partial charge in [-0.25, -0.2) is 14.8 Å². The van der Waals surface area contributed by atoms with Crippen molar-refractivity contribution in [1.29, 1.82) is 5.26 Å². The van der Waals surface area contributed by atoms with E-state index in [4.69, 9.17) is 15.2 Å². The van der Waals surface area contributed by atoms with E-state index in [0.29, 0.717) is 16.9 Å².